The quantitative estimate of drug-likeness (QED) is 0.340. The third-order valence-electron chi connectivity index (χ3n) is 4.37. The Labute approximate surface area is 158 Å². The zero-order chi connectivity index (χ0) is 16.5. The largest absolute Gasteiger partial charge is 0.356 e. The molecule has 1 aliphatic carbocycles. The molecule has 0 radical (unpaired) electrons. The smallest absolute Gasteiger partial charge is 0.221 e. The van der Waals surface area contributed by atoms with E-state index >= 15 is 0 Å². The number of rotatable bonds is 6. The Morgan fingerprint density at radius 3 is 2.22 bits per heavy atom. The molecule has 1 fully saturated rings. The standard InChI is InChI=1S/C17H34N4O.HI/c1-12(2)14-6-8-15(9-7-14)21-17(18-5)19-11-10-16(22)20-13(3)4;/h12-15H,6-11H2,1-5H3,(H,20,22)(H2,18,19,21);1H. The highest BCUT2D eigenvalue weighted by molar-refractivity contribution is 14.0. The van der Waals surface area contributed by atoms with Gasteiger partial charge in [-0.2, -0.15) is 0 Å². The zero-order valence-electron chi connectivity index (χ0n) is 15.3. The van der Waals surface area contributed by atoms with E-state index in [4.69, 9.17) is 0 Å². The lowest BCUT2D eigenvalue weighted by molar-refractivity contribution is -0.121. The van der Waals surface area contributed by atoms with Gasteiger partial charge in [0.2, 0.25) is 5.91 Å². The third kappa shape index (κ3) is 9.37. The summed E-state index contributed by atoms with van der Waals surface area (Å²) in [5, 5.41) is 9.61. The first kappa shape index (κ1) is 22.5. The Kier molecular flexibility index (Phi) is 11.6. The second-order valence-electron chi connectivity index (χ2n) is 6.97. The summed E-state index contributed by atoms with van der Waals surface area (Å²) in [5.74, 6) is 2.55. The fraction of sp³-hybridized carbons (Fsp3) is 0.882. The number of aliphatic imine (C=N–C) groups is 1. The topological polar surface area (TPSA) is 65.5 Å². The number of amides is 1. The van der Waals surface area contributed by atoms with Crippen LogP contribution in [0, 0.1) is 11.8 Å². The number of carbonyl (C=O) groups is 1. The van der Waals surface area contributed by atoms with Crippen LogP contribution in [0.1, 0.15) is 59.8 Å². The van der Waals surface area contributed by atoms with Gasteiger partial charge in [-0.3, -0.25) is 9.79 Å². The van der Waals surface area contributed by atoms with Gasteiger partial charge in [-0.1, -0.05) is 13.8 Å². The van der Waals surface area contributed by atoms with Gasteiger partial charge in [0, 0.05) is 32.1 Å². The first-order valence-electron chi connectivity index (χ1n) is 8.69. The molecule has 1 aliphatic rings. The van der Waals surface area contributed by atoms with E-state index < -0.39 is 0 Å². The minimum Gasteiger partial charge on any atom is -0.356 e. The molecule has 0 bridgehead atoms. The predicted molar refractivity (Wildman–Crippen MR) is 108 cm³/mol. The highest BCUT2D eigenvalue weighted by Crippen LogP contribution is 2.29. The first-order valence-corrected chi connectivity index (χ1v) is 8.69. The fourth-order valence-corrected chi connectivity index (χ4v) is 3.01. The van der Waals surface area contributed by atoms with Crippen LogP contribution < -0.4 is 16.0 Å². The average Bonchev–Trinajstić information content (AvgIpc) is 2.45. The molecule has 0 atom stereocenters. The second-order valence-corrected chi connectivity index (χ2v) is 6.97. The summed E-state index contributed by atoms with van der Waals surface area (Å²) in [6.07, 6.45) is 5.47. The summed E-state index contributed by atoms with van der Waals surface area (Å²) in [7, 11) is 1.78. The number of nitrogens with zero attached hydrogens (tertiary/aromatic N) is 1. The van der Waals surface area contributed by atoms with Crippen LogP contribution in [0.3, 0.4) is 0 Å². The summed E-state index contributed by atoms with van der Waals surface area (Å²) in [6.45, 7) is 9.19. The monoisotopic (exact) mass is 438 g/mol. The van der Waals surface area contributed by atoms with Gasteiger partial charge in [0.1, 0.15) is 0 Å². The maximum Gasteiger partial charge on any atom is 0.221 e. The van der Waals surface area contributed by atoms with Crippen molar-refractivity contribution in [1.82, 2.24) is 16.0 Å². The van der Waals surface area contributed by atoms with Crippen LogP contribution in [-0.4, -0.2) is 37.5 Å². The summed E-state index contributed by atoms with van der Waals surface area (Å²) >= 11 is 0. The number of hydrogen-bond acceptors (Lipinski definition) is 2. The maximum atomic E-state index is 11.6. The first-order chi connectivity index (χ1) is 10.4. The minimum atomic E-state index is 0. The SMILES string of the molecule is CN=C(NCCC(=O)NC(C)C)NC1CCC(C(C)C)CC1.I. The highest BCUT2D eigenvalue weighted by atomic mass is 127. The molecule has 6 heteroatoms. The molecular weight excluding hydrogens is 403 g/mol. The number of carbonyl (C=O) groups excluding carboxylic acids is 1. The Morgan fingerprint density at radius 1 is 1.13 bits per heavy atom. The molecule has 0 spiro atoms. The lowest BCUT2D eigenvalue weighted by Gasteiger charge is -2.32. The van der Waals surface area contributed by atoms with Crippen molar-refractivity contribution < 1.29 is 4.79 Å². The van der Waals surface area contributed by atoms with Crippen molar-refractivity contribution in [3.05, 3.63) is 0 Å². The van der Waals surface area contributed by atoms with Crippen molar-refractivity contribution in [3.8, 4) is 0 Å². The number of nitrogens with one attached hydrogen (secondary N) is 3. The van der Waals surface area contributed by atoms with Crippen molar-refractivity contribution in [2.24, 2.45) is 16.8 Å². The van der Waals surface area contributed by atoms with E-state index in [1.165, 1.54) is 25.7 Å². The molecule has 1 saturated carbocycles. The Balaban J connectivity index is 0.00000484. The summed E-state index contributed by atoms with van der Waals surface area (Å²) < 4.78 is 0. The van der Waals surface area contributed by atoms with Crippen molar-refractivity contribution in [1.29, 1.82) is 0 Å². The zero-order valence-corrected chi connectivity index (χ0v) is 17.6. The third-order valence-corrected chi connectivity index (χ3v) is 4.37. The van der Waals surface area contributed by atoms with Crippen molar-refractivity contribution in [3.63, 3.8) is 0 Å². The number of guanidine groups is 1. The van der Waals surface area contributed by atoms with E-state index in [9.17, 15) is 4.79 Å². The molecule has 0 aromatic carbocycles. The van der Waals surface area contributed by atoms with Gasteiger partial charge in [0.25, 0.3) is 0 Å². The highest BCUT2D eigenvalue weighted by Gasteiger charge is 2.23. The Bertz CT molecular complexity index is 364. The summed E-state index contributed by atoms with van der Waals surface area (Å²) in [4.78, 5) is 15.9. The van der Waals surface area contributed by atoms with E-state index in [1.54, 1.807) is 7.05 Å². The lowest BCUT2D eigenvalue weighted by Crippen LogP contribution is -2.46. The normalized spacial score (nSPS) is 21.8. The van der Waals surface area contributed by atoms with E-state index in [0.717, 1.165) is 17.8 Å². The molecule has 0 saturated heterocycles. The molecule has 0 unspecified atom stereocenters. The summed E-state index contributed by atoms with van der Waals surface area (Å²) in [5.41, 5.74) is 0. The molecule has 0 heterocycles. The molecule has 5 nitrogen and oxygen atoms in total. The molecule has 0 aromatic rings. The van der Waals surface area contributed by atoms with E-state index in [1.807, 2.05) is 13.8 Å². The molecule has 3 N–H and O–H groups in total. The van der Waals surface area contributed by atoms with Gasteiger partial charge in [0.05, 0.1) is 0 Å². The fourth-order valence-electron chi connectivity index (χ4n) is 3.01. The van der Waals surface area contributed by atoms with E-state index in [-0.39, 0.29) is 35.9 Å². The van der Waals surface area contributed by atoms with Crippen LogP contribution in [0.4, 0.5) is 0 Å². The van der Waals surface area contributed by atoms with Gasteiger partial charge < -0.3 is 16.0 Å². The molecule has 0 aliphatic heterocycles. The molecule has 23 heavy (non-hydrogen) atoms. The molecular formula is C17H35IN4O. The van der Waals surface area contributed by atoms with Gasteiger partial charge in [-0.05, 0) is 51.4 Å². The van der Waals surface area contributed by atoms with Crippen LogP contribution in [0.15, 0.2) is 4.99 Å². The number of hydrogen-bond donors (Lipinski definition) is 3. The Hall–Kier alpha value is -0.530. The molecule has 136 valence electrons. The molecule has 1 amide bonds. The lowest BCUT2D eigenvalue weighted by atomic mass is 9.80. The molecule has 1 rings (SSSR count). The van der Waals surface area contributed by atoms with Crippen LogP contribution in [0.25, 0.3) is 0 Å². The van der Waals surface area contributed by atoms with E-state index in [2.05, 4.69) is 34.8 Å². The van der Waals surface area contributed by atoms with Crippen LogP contribution in [0.2, 0.25) is 0 Å². The van der Waals surface area contributed by atoms with Crippen LogP contribution >= 0.6 is 24.0 Å². The van der Waals surface area contributed by atoms with E-state index in [0.29, 0.717) is 19.0 Å². The van der Waals surface area contributed by atoms with Gasteiger partial charge in [-0.25, -0.2) is 0 Å². The maximum absolute atomic E-state index is 11.6. The van der Waals surface area contributed by atoms with Crippen molar-refractivity contribution in [2.75, 3.05) is 13.6 Å². The van der Waals surface area contributed by atoms with Gasteiger partial charge in [-0.15, -0.1) is 24.0 Å². The average molecular weight is 438 g/mol. The van der Waals surface area contributed by atoms with Crippen molar-refractivity contribution >= 4 is 35.8 Å². The number of halogens is 1. The molecule has 0 aromatic heterocycles. The Morgan fingerprint density at radius 2 is 1.74 bits per heavy atom. The minimum absolute atomic E-state index is 0. The van der Waals surface area contributed by atoms with Gasteiger partial charge >= 0.3 is 0 Å². The van der Waals surface area contributed by atoms with Crippen LogP contribution in [0.5, 0.6) is 0 Å². The van der Waals surface area contributed by atoms with Crippen LogP contribution in [-0.2, 0) is 4.79 Å². The second kappa shape index (κ2) is 11.9. The summed E-state index contributed by atoms with van der Waals surface area (Å²) in [6, 6.07) is 0.701. The van der Waals surface area contributed by atoms with Crippen molar-refractivity contribution in [2.45, 2.75) is 71.9 Å². The predicted octanol–water partition coefficient (Wildman–Crippen LogP) is 2.90. The van der Waals surface area contributed by atoms with Gasteiger partial charge in [0.15, 0.2) is 5.96 Å².